The number of H-pyrrole nitrogens is 1. The van der Waals surface area contributed by atoms with Gasteiger partial charge in [0.25, 0.3) is 0 Å². The van der Waals surface area contributed by atoms with E-state index in [9.17, 15) is 13.2 Å². The Hall–Kier alpha value is -1.63. The minimum absolute atomic E-state index is 0.152. The van der Waals surface area contributed by atoms with E-state index in [1.807, 2.05) is 0 Å². The predicted molar refractivity (Wildman–Crippen MR) is 70.6 cm³/mol. The lowest BCUT2D eigenvalue weighted by atomic mass is 9.57. The summed E-state index contributed by atoms with van der Waals surface area (Å²) < 4.78 is 37.8. The molecule has 112 valence electrons. The molecule has 0 unspecified atom stereocenters. The summed E-state index contributed by atoms with van der Waals surface area (Å²) in [4.78, 5) is 10.1. The predicted octanol–water partition coefficient (Wildman–Crippen LogP) is 2.52. The first-order valence-corrected chi connectivity index (χ1v) is 7.07. The first-order valence-electron chi connectivity index (χ1n) is 7.07. The molecule has 1 aliphatic heterocycles. The van der Waals surface area contributed by atoms with Crippen LogP contribution in [0.2, 0.25) is 0 Å². The Labute approximate surface area is 119 Å². The molecule has 3 heterocycles. The molecule has 2 aliphatic rings. The van der Waals surface area contributed by atoms with Crippen molar-refractivity contribution in [2.45, 2.75) is 25.4 Å². The highest BCUT2D eigenvalue weighted by Gasteiger charge is 2.48. The van der Waals surface area contributed by atoms with Crippen LogP contribution >= 0.6 is 0 Å². The van der Waals surface area contributed by atoms with Crippen molar-refractivity contribution in [3.63, 3.8) is 0 Å². The summed E-state index contributed by atoms with van der Waals surface area (Å²) in [5.41, 5.74) is 1.82. The van der Waals surface area contributed by atoms with E-state index in [4.69, 9.17) is 0 Å². The number of hydrogen-bond acceptors (Lipinski definition) is 3. The zero-order valence-corrected chi connectivity index (χ0v) is 11.3. The Morgan fingerprint density at radius 1 is 1.19 bits per heavy atom. The van der Waals surface area contributed by atoms with E-state index in [0.29, 0.717) is 16.8 Å². The average molecular weight is 296 g/mol. The molecular weight excluding hydrogens is 281 g/mol. The smallest absolute Gasteiger partial charge is 0.333 e. The highest BCUT2D eigenvalue weighted by atomic mass is 19.4. The second-order valence-electron chi connectivity index (χ2n) is 6.34. The Kier molecular flexibility index (Phi) is 2.61. The third-order valence-electron chi connectivity index (χ3n) is 4.61. The molecule has 2 aromatic heterocycles. The molecule has 2 aromatic rings. The van der Waals surface area contributed by atoms with Crippen LogP contribution < -0.4 is 5.32 Å². The highest BCUT2D eigenvalue weighted by Crippen LogP contribution is 2.49. The van der Waals surface area contributed by atoms with E-state index >= 15 is 0 Å². The zero-order valence-electron chi connectivity index (χ0n) is 11.3. The Bertz CT molecular complexity index is 679. The monoisotopic (exact) mass is 296 g/mol. The lowest BCUT2D eigenvalue weighted by Gasteiger charge is -2.54. The molecule has 7 heteroatoms. The maximum absolute atomic E-state index is 12.6. The molecule has 0 atom stereocenters. The molecule has 0 radical (unpaired) electrons. The van der Waals surface area contributed by atoms with Gasteiger partial charge in [0.1, 0.15) is 0 Å². The molecule has 1 saturated heterocycles. The molecule has 0 aromatic carbocycles. The van der Waals surface area contributed by atoms with Gasteiger partial charge in [0.15, 0.2) is 5.65 Å². The number of nitrogens with zero attached hydrogens (tertiary/aromatic N) is 2. The van der Waals surface area contributed by atoms with Crippen LogP contribution in [0.4, 0.5) is 13.2 Å². The number of nitrogens with one attached hydrogen (secondary N) is 2. The molecule has 4 nitrogen and oxygen atoms in total. The maximum atomic E-state index is 12.6. The van der Waals surface area contributed by atoms with E-state index in [0.717, 1.165) is 25.2 Å². The zero-order chi connectivity index (χ0) is 14.7. The Morgan fingerprint density at radius 2 is 1.95 bits per heavy atom. The molecule has 1 saturated carbocycles. The molecule has 1 spiro atoms. The van der Waals surface area contributed by atoms with Gasteiger partial charge in [-0.2, -0.15) is 13.2 Å². The standard InChI is InChI=1S/C14H15F3N4/c15-14(16,17)12-20-10-2-1-9(19-11(10)21-12)3-8-4-13(5-8)6-18-7-13/h1-2,8,18H,3-7H2,(H,19,20,21). The van der Waals surface area contributed by atoms with Crippen molar-refractivity contribution < 1.29 is 13.2 Å². The molecule has 0 amide bonds. The number of fused-ring (bicyclic) bond motifs is 1. The first-order chi connectivity index (χ1) is 9.94. The molecule has 4 rings (SSSR count). The number of alkyl halides is 3. The fraction of sp³-hybridized carbons (Fsp3) is 0.571. The number of rotatable bonds is 2. The van der Waals surface area contributed by atoms with Gasteiger partial charge in [-0.15, -0.1) is 0 Å². The molecule has 0 bridgehead atoms. The van der Waals surface area contributed by atoms with Gasteiger partial charge in [0, 0.05) is 18.8 Å². The molecule has 2 fully saturated rings. The summed E-state index contributed by atoms with van der Waals surface area (Å²) in [6, 6.07) is 3.43. The number of imidazole rings is 1. The van der Waals surface area contributed by atoms with Crippen LogP contribution in [0.3, 0.4) is 0 Å². The summed E-state index contributed by atoms with van der Waals surface area (Å²) in [6.45, 7) is 2.20. The second kappa shape index (κ2) is 4.19. The van der Waals surface area contributed by atoms with Crippen LogP contribution in [0.15, 0.2) is 12.1 Å². The third-order valence-corrected chi connectivity index (χ3v) is 4.61. The number of aromatic nitrogens is 3. The summed E-state index contributed by atoms with van der Waals surface area (Å²) >= 11 is 0. The van der Waals surface area contributed by atoms with E-state index < -0.39 is 12.0 Å². The van der Waals surface area contributed by atoms with Gasteiger partial charge in [0.2, 0.25) is 5.82 Å². The topological polar surface area (TPSA) is 53.6 Å². The lowest BCUT2D eigenvalue weighted by molar-refractivity contribution is -0.144. The van der Waals surface area contributed by atoms with Crippen molar-refractivity contribution in [2.75, 3.05) is 13.1 Å². The molecular formula is C14H15F3N4. The van der Waals surface area contributed by atoms with Crippen LogP contribution in [-0.4, -0.2) is 28.0 Å². The van der Waals surface area contributed by atoms with Gasteiger partial charge >= 0.3 is 6.18 Å². The third kappa shape index (κ3) is 2.19. The maximum Gasteiger partial charge on any atom is 0.449 e. The van der Waals surface area contributed by atoms with Crippen molar-refractivity contribution in [1.82, 2.24) is 20.3 Å². The minimum Gasteiger partial charge on any atom is -0.333 e. The SMILES string of the molecule is FC(F)(F)c1nc2nc(CC3CC4(CNC4)C3)ccc2[nH]1. The summed E-state index contributed by atoms with van der Waals surface area (Å²) in [5.74, 6) is -0.386. The van der Waals surface area contributed by atoms with Gasteiger partial charge in [-0.1, -0.05) is 0 Å². The van der Waals surface area contributed by atoms with Crippen LogP contribution in [0, 0.1) is 11.3 Å². The summed E-state index contributed by atoms with van der Waals surface area (Å²) in [5, 5.41) is 3.29. The Balaban J connectivity index is 1.51. The van der Waals surface area contributed by atoms with Crippen molar-refractivity contribution in [2.24, 2.45) is 11.3 Å². The fourth-order valence-corrected chi connectivity index (χ4v) is 3.55. The van der Waals surface area contributed by atoms with Crippen molar-refractivity contribution in [1.29, 1.82) is 0 Å². The van der Waals surface area contributed by atoms with Crippen molar-refractivity contribution >= 4 is 11.2 Å². The summed E-state index contributed by atoms with van der Waals surface area (Å²) in [6.07, 6.45) is -1.26. The number of hydrogen-bond donors (Lipinski definition) is 2. The Morgan fingerprint density at radius 3 is 2.57 bits per heavy atom. The quantitative estimate of drug-likeness (QED) is 0.895. The van der Waals surface area contributed by atoms with Crippen LogP contribution in [0.5, 0.6) is 0 Å². The normalized spacial score (nSPS) is 21.5. The van der Waals surface area contributed by atoms with Gasteiger partial charge in [-0.05, 0) is 42.7 Å². The van der Waals surface area contributed by atoms with E-state index in [-0.39, 0.29) is 5.65 Å². The minimum atomic E-state index is -4.46. The first kappa shape index (κ1) is 13.1. The number of aromatic amines is 1. The van der Waals surface area contributed by atoms with Gasteiger partial charge < -0.3 is 10.3 Å². The van der Waals surface area contributed by atoms with Crippen LogP contribution in [-0.2, 0) is 12.6 Å². The number of pyridine rings is 1. The van der Waals surface area contributed by atoms with Gasteiger partial charge in [-0.3, -0.25) is 0 Å². The van der Waals surface area contributed by atoms with E-state index in [2.05, 4.69) is 20.3 Å². The van der Waals surface area contributed by atoms with Gasteiger partial charge in [-0.25, -0.2) is 9.97 Å². The molecule has 2 N–H and O–H groups in total. The van der Waals surface area contributed by atoms with E-state index in [1.165, 1.54) is 12.8 Å². The number of halogens is 3. The largest absolute Gasteiger partial charge is 0.449 e. The molecule has 21 heavy (non-hydrogen) atoms. The van der Waals surface area contributed by atoms with Gasteiger partial charge in [0.05, 0.1) is 5.52 Å². The van der Waals surface area contributed by atoms with Crippen LogP contribution in [0.25, 0.3) is 11.2 Å². The average Bonchev–Trinajstić information content (AvgIpc) is 2.73. The summed E-state index contributed by atoms with van der Waals surface area (Å²) in [7, 11) is 0. The second-order valence-corrected chi connectivity index (χ2v) is 6.34. The van der Waals surface area contributed by atoms with Crippen molar-refractivity contribution in [3.8, 4) is 0 Å². The molecule has 1 aliphatic carbocycles. The fourth-order valence-electron chi connectivity index (χ4n) is 3.55. The van der Waals surface area contributed by atoms with Crippen molar-refractivity contribution in [3.05, 3.63) is 23.7 Å². The van der Waals surface area contributed by atoms with E-state index in [1.54, 1.807) is 12.1 Å². The highest BCUT2D eigenvalue weighted by molar-refractivity contribution is 5.70. The van der Waals surface area contributed by atoms with Crippen LogP contribution in [0.1, 0.15) is 24.4 Å². The lowest BCUT2D eigenvalue weighted by Crippen LogP contribution is -2.60.